The zero-order chi connectivity index (χ0) is 15.5. The summed E-state index contributed by atoms with van der Waals surface area (Å²) < 4.78 is 29.1. The molecule has 0 bridgehead atoms. The molecule has 0 spiro atoms. The summed E-state index contributed by atoms with van der Waals surface area (Å²) in [6.45, 7) is 6.12. The van der Waals surface area contributed by atoms with Gasteiger partial charge in [0.05, 0.1) is 10.5 Å². The van der Waals surface area contributed by atoms with Gasteiger partial charge in [-0.1, -0.05) is 18.2 Å². The van der Waals surface area contributed by atoms with Gasteiger partial charge in [0.1, 0.15) is 12.4 Å². The Kier molecular flexibility index (Phi) is 4.94. The van der Waals surface area contributed by atoms with Crippen LogP contribution in [0.5, 0.6) is 5.75 Å². The van der Waals surface area contributed by atoms with Gasteiger partial charge in [-0.25, -0.2) is 8.42 Å². The predicted molar refractivity (Wildman–Crippen MR) is 85.3 cm³/mol. The average molecular weight is 311 g/mol. The number of nitrogens with one attached hydrogen (secondary N) is 1. The lowest BCUT2D eigenvalue weighted by Crippen LogP contribution is -2.32. The van der Waals surface area contributed by atoms with Gasteiger partial charge in [-0.3, -0.25) is 0 Å². The van der Waals surface area contributed by atoms with Gasteiger partial charge in [0.15, 0.2) is 9.84 Å². The van der Waals surface area contributed by atoms with E-state index in [2.05, 4.69) is 5.32 Å². The van der Waals surface area contributed by atoms with Crippen LogP contribution in [0.25, 0.3) is 0 Å². The Morgan fingerprint density at radius 1 is 1.24 bits per heavy atom. The van der Waals surface area contributed by atoms with Gasteiger partial charge in [-0.05, 0) is 39.7 Å². The molecule has 0 aromatic heterocycles. The van der Waals surface area contributed by atoms with Crippen molar-refractivity contribution in [2.75, 3.05) is 12.4 Å². The molecule has 0 atom stereocenters. The molecule has 1 fully saturated rings. The van der Waals surface area contributed by atoms with Crippen molar-refractivity contribution >= 4 is 9.84 Å². The van der Waals surface area contributed by atoms with Crippen LogP contribution in [0.15, 0.2) is 24.3 Å². The molecule has 1 aromatic carbocycles. The zero-order valence-corrected chi connectivity index (χ0v) is 13.9. The second kappa shape index (κ2) is 6.36. The Morgan fingerprint density at radius 3 is 2.52 bits per heavy atom. The lowest BCUT2D eigenvalue weighted by molar-refractivity contribution is 0.335. The SMILES string of the molecule is CC(C)(C)S(=O)(=O)CCOc1ccccc1CNC1CC1. The highest BCUT2D eigenvalue weighted by atomic mass is 32.2. The van der Waals surface area contributed by atoms with Crippen molar-refractivity contribution in [1.82, 2.24) is 5.32 Å². The smallest absolute Gasteiger partial charge is 0.158 e. The van der Waals surface area contributed by atoms with Crippen LogP contribution < -0.4 is 10.1 Å². The van der Waals surface area contributed by atoms with Crippen LogP contribution in [0.2, 0.25) is 0 Å². The molecule has 5 heteroatoms. The molecule has 0 radical (unpaired) electrons. The number of rotatable bonds is 7. The third-order valence-corrected chi connectivity index (χ3v) is 6.24. The van der Waals surface area contributed by atoms with Crippen molar-refractivity contribution < 1.29 is 13.2 Å². The van der Waals surface area contributed by atoms with Crippen molar-refractivity contribution in [3.05, 3.63) is 29.8 Å². The topological polar surface area (TPSA) is 55.4 Å². The molecule has 1 aliphatic rings. The summed E-state index contributed by atoms with van der Waals surface area (Å²) in [7, 11) is -3.14. The van der Waals surface area contributed by atoms with E-state index in [0.29, 0.717) is 6.04 Å². The van der Waals surface area contributed by atoms with Crippen molar-refractivity contribution in [2.45, 2.75) is 50.9 Å². The fraction of sp³-hybridized carbons (Fsp3) is 0.625. The fourth-order valence-electron chi connectivity index (χ4n) is 1.90. The molecule has 1 N–H and O–H groups in total. The van der Waals surface area contributed by atoms with E-state index >= 15 is 0 Å². The maximum absolute atomic E-state index is 12.1. The highest BCUT2D eigenvalue weighted by molar-refractivity contribution is 7.92. The normalized spacial score (nSPS) is 16.0. The minimum atomic E-state index is -3.14. The number of benzene rings is 1. The van der Waals surface area contributed by atoms with Crippen molar-refractivity contribution in [3.8, 4) is 5.75 Å². The second-order valence-electron chi connectivity index (χ2n) is 6.54. The quantitative estimate of drug-likeness (QED) is 0.841. The molecule has 1 aliphatic carbocycles. The van der Waals surface area contributed by atoms with Crippen molar-refractivity contribution in [1.29, 1.82) is 0 Å². The number of hydrogen-bond donors (Lipinski definition) is 1. The Balaban J connectivity index is 1.90. The third-order valence-electron chi connectivity index (χ3n) is 3.67. The molecule has 21 heavy (non-hydrogen) atoms. The summed E-state index contributed by atoms with van der Waals surface area (Å²) in [5.74, 6) is 0.815. The largest absolute Gasteiger partial charge is 0.492 e. The van der Waals surface area contributed by atoms with Gasteiger partial charge >= 0.3 is 0 Å². The first kappa shape index (κ1) is 16.3. The van der Waals surface area contributed by atoms with Gasteiger partial charge in [0.25, 0.3) is 0 Å². The monoisotopic (exact) mass is 311 g/mol. The predicted octanol–water partition coefficient (Wildman–Crippen LogP) is 2.53. The summed E-state index contributed by atoms with van der Waals surface area (Å²) >= 11 is 0. The maximum atomic E-state index is 12.1. The fourth-order valence-corrected chi connectivity index (χ4v) is 2.82. The van der Waals surface area contributed by atoms with Gasteiger partial charge in [-0.15, -0.1) is 0 Å². The van der Waals surface area contributed by atoms with E-state index in [9.17, 15) is 8.42 Å². The number of ether oxygens (including phenoxy) is 1. The highest BCUT2D eigenvalue weighted by Gasteiger charge is 2.28. The number of hydrogen-bond acceptors (Lipinski definition) is 4. The minimum Gasteiger partial charge on any atom is -0.492 e. The Morgan fingerprint density at radius 2 is 1.90 bits per heavy atom. The van der Waals surface area contributed by atoms with Crippen LogP contribution in [0, 0.1) is 0 Å². The van der Waals surface area contributed by atoms with Crippen LogP contribution >= 0.6 is 0 Å². The second-order valence-corrected chi connectivity index (χ2v) is 9.41. The van der Waals surface area contributed by atoms with Gasteiger partial charge in [0, 0.05) is 18.2 Å². The van der Waals surface area contributed by atoms with E-state index in [1.54, 1.807) is 20.8 Å². The summed E-state index contributed by atoms with van der Waals surface area (Å²) in [6.07, 6.45) is 2.49. The van der Waals surface area contributed by atoms with E-state index in [1.807, 2.05) is 24.3 Å². The van der Waals surface area contributed by atoms with Gasteiger partial charge in [0.2, 0.25) is 0 Å². The molecular formula is C16H25NO3S. The molecule has 4 nitrogen and oxygen atoms in total. The summed E-state index contributed by atoms with van der Waals surface area (Å²) in [5, 5.41) is 3.45. The van der Waals surface area contributed by atoms with E-state index in [-0.39, 0.29) is 12.4 Å². The van der Waals surface area contributed by atoms with E-state index < -0.39 is 14.6 Å². The van der Waals surface area contributed by atoms with Crippen LogP contribution in [0.3, 0.4) is 0 Å². The first-order chi connectivity index (χ1) is 9.79. The number of sulfone groups is 1. The lowest BCUT2D eigenvalue weighted by atomic mass is 10.2. The van der Waals surface area contributed by atoms with Gasteiger partial charge < -0.3 is 10.1 Å². The molecule has 2 rings (SSSR count). The molecule has 118 valence electrons. The lowest BCUT2D eigenvalue weighted by Gasteiger charge is -2.19. The summed E-state index contributed by atoms with van der Waals surface area (Å²) in [4.78, 5) is 0. The van der Waals surface area contributed by atoms with E-state index in [0.717, 1.165) is 17.9 Å². The maximum Gasteiger partial charge on any atom is 0.158 e. The first-order valence-corrected chi connectivity index (χ1v) is 9.11. The molecule has 0 saturated heterocycles. The number of para-hydroxylation sites is 1. The molecule has 0 heterocycles. The minimum absolute atomic E-state index is 0.0425. The van der Waals surface area contributed by atoms with Crippen LogP contribution in [-0.2, 0) is 16.4 Å². The molecular weight excluding hydrogens is 286 g/mol. The Hall–Kier alpha value is -1.07. The van der Waals surface area contributed by atoms with Gasteiger partial charge in [-0.2, -0.15) is 0 Å². The molecule has 0 aliphatic heterocycles. The summed E-state index contributed by atoms with van der Waals surface area (Å²) in [5.41, 5.74) is 1.08. The first-order valence-electron chi connectivity index (χ1n) is 7.46. The van der Waals surface area contributed by atoms with E-state index in [4.69, 9.17) is 4.74 Å². The Labute approximate surface area is 127 Å². The molecule has 0 amide bonds. The highest BCUT2D eigenvalue weighted by Crippen LogP contribution is 2.23. The molecule has 1 saturated carbocycles. The van der Waals surface area contributed by atoms with Crippen molar-refractivity contribution in [3.63, 3.8) is 0 Å². The Bertz CT molecular complexity index is 571. The van der Waals surface area contributed by atoms with Crippen LogP contribution in [0.4, 0.5) is 0 Å². The van der Waals surface area contributed by atoms with Crippen molar-refractivity contribution in [2.24, 2.45) is 0 Å². The van der Waals surface area contributed by atoms with E-state index in [1.165, 1.54) is 12.8 Å². The van der Waals surface area contributed by atoms with Crippen LogP contribution in [0.1, 0.15) is 39.2 Å². The third kappa shape index (κ3) is 4.71. The zero-order valence-electron chi connectivity index (χ0n) is 13.1. The molecule has 1 aromatic rings. The standard InChI is InChI=1S/C16H25NO3S/c1-16(2,3)21(18,19)11-10-20-15-7-5-4-6-13(15)12-17-14-8-9-14/h4-7,14,17H,8-12H2,1-3H3. The molecule has 0 unspecified atom stereocenters. The average Bonchev–Trinajstić information content (AvgIpc) is 3.20. The van der Waals surface area contributed by atoms with Crippen LogP contribution in [-0.4, -0.2) is 31.6 Å². The summed E-state index contributed by atoms with van der Waals surface area (Å²) in [6, 6.07) is 8.44.